The van der Waals surface area contributed by atoms with Crippen LogP contribution in [0.3, 0.4) is 0 Å². The van der Waals surface area contributed by atoms with Crippen molar-refractivity contribution in [3.8, 4) is 5.75 Å². The van der Waals surface area contributed by atoms with Crippen LogP contribution < -0.4 is 4.74 Å². The zero-order chi connectivity index (χ0) is 16.3. The van der Waals surface area contributed by atoms with Crippen LogP contribution >= 0.6 is 0 Å². The van der Waals surface area contributed by atoms with E-state index >= 15 is 0 Å². The predicted molar refractivity (Wildman–Crippen MR) is 69.3 cm³/mol. The van der Waals surface area contributed by atoms with Crippen molar-refractivity contribution in [2.45, 2.75) is 12.6 Å². The molecule has 8 heteroatoms. The number of nitrogens with zero attached hydrogens (tertiary/aromatic N) is 1. The molecule has 22 heavy (non-hydrogen) atoms. The minimum absolute atomic E-state index is 0.130. The molecular weight excluding hydrogens is 303 g/mol. The van der Waals surface area contributed by atoms with Gasteiger partial charge in [0.1, 0.15) is 5.75 Å². The zero-order valence-electron chi connectivity index (χ0n) is 11.5. The van der Waals surface area contributed by atoms with Gasteiger partial charge in [-0.05, 0) is 30.7 Å². The van der Waals surface area contributed by atoms with Crippen LogP contribution in [0.25, 0.3) is 0 Å². The highest BCUT2D eigenvalue weighted by Gasteiger charge is 2.31. The average Bonchev–Trinajstić information content (AvgIpc) is 2.94. The monoisotopic (exact) mass is 317 g/mol. The Bertz CT molecular complexity index is 556. The van der Waals surface area contributed by atoms with Gasteiger partial charge in [0.25, 0.3) is 5.91 Å². The number of carbonyl (C=O) groups is 2. The van der Waals surface area contributed by atoms with E-state index in [-0.39, 0.29) is 24.8 Å². The third-order valence-electron chi connectivity index (χ3n) is 3.43. The molecule has 1 heterocycles. The summed E-state index contributed by atoms with van der Waals surface area (Å²) in [6.07, 6.45) is -4.03. The summed E-state index contributed by atoms with van der Waals surface area (Å²) in [5.41, 5.74) is -0.796. The second-order valence-electron chi connectivity index (χ2n) is 4.97. The summed E-state index contributed by atoms with van der Waals surface area (Å²) >= 11 is 0. The Balaban J connectivity index is 1.85. The molecule has 0 saturated carbocycles. The van der Waals surface area contributed by atoms with Crippen molar-refractivity contribution in [1.82, 2.24) is 4.90 Å². The first-order chi connectivity index (χ1) is 10.3. The number of hydrogen-bond acceptors (Lipinski definition) is 3. The summed E-state index contributed by atoms with van der Waals surface area (Å²) in [6.45, 7) is 0.133. The molecular formula is C14H14F3NO4. The molecule has 0 bridgehead atoms. The van der Waals surface area contributed by atoms with Gasteiger partial charge in [-0.1, -0.05) is 0 Å². The number of benzene rings is 1. The lowest BCUT2D eigenvalue weighted by atomic mass is 10.1. The molecule has 0 aromatic heterocycles. The Kier molecular flexibility index (Phi) is 4.58. The molecule has 1 unspecified atom stereocenters. The zero-order valence-corrected chi connectivity index (χ0v) is 11.5. The maximum absolute atomic E-state index is 12.4. The van der Waals surface area contributed by atoms with Crippen LogP contribution in [-0.2, 0) is 15.8 Å². The second-order valence-corrected chi connectivity index (χ2v) is 4.97. The lowest BCUT2D eigenvalue weighted by Gasteiger charge is -2.16. The van der Waals surface area contributed by atoms with Crippen LogP contribution in [0, 0.1) is 5.92 Å². The van der Waals surface area contributed by atoms with Gasteiger partial charge in [-0.15, -0.1) is 0 Å². The molecule has 5 nitrogen and oxygen atoms in total. The normalized spacial score (nSPS) is 18.3. The fourth-order valence-corrected chi connectivity index (χ4v) is 2.16. The minimum Gasteiger partial charge on any atom is -0.484 e. The van der Waals surface area contributed by atoms with Crippen LogP contribution in [0.1, 0.15) is 12.0 Å². The fraction of sp³-hybridized carbons (Fsp3) is 0.429. The molecule has 1 amide bonds. The maximum atomic E-state index is 12.4. The summed E-state index contributed by atoms with van der Waals surface area (Å²) in [4.78, 5) is 24.0. The Morgan fingerprint density at radius 2 is 1.91 bits per heavy atom. The third-order valence-corrected chi connectivity index (χ3v) is 3.43. The van der Waals surface area contributed by atoms with E-state index in [0.29, 0.717) is 13.0 Å². The number of ether oxygens (including phenoxy) is 1. The summed E-state index contributed by atoms with van der Waals surface area (Å²) in [6, 6.07) is 4.02. The second kappa shape index (κ2) is 6.25. The van der Waals surface area contributed by atoms with Crippen molar-refractivity contribution in [3.63, 3.8) is 0 Å². The molecule has 0 aliphatic carbocycles. The topological polar surface area (TPSA) is 66.8 Å². The van der Waals surface area contributed by atoms with Gasteiger partial charge in [0.15, 0.2) is 6.61 Å². The third kappa shape index (κ3) is 3.90. The smallest absolute Gasteiger partial charge is 0.416 e. The maximum Gasteiger partial charge on any atom is 0.416 e. The molecule has 1 aliphatic heterocycles. The van der Waals surface area contributed by atoms with Gasteiger partial charge in [-0.2, -0.15) is 13.2 Å². The lowest BCUT2D eigenvalue weighted by molar-refractivity contribution is -0.141. The lowest BCUT2D eigenvalue weighted by Crippen LogP contribution is -2.33. The number of alkyl halides is 3. The van der Waals surface area contributed by atoms with E-state index in [2.05, 4.69) is 0 Å². The highest BCUT2D eigenvalue weighted by molar-refractivity contribution is 5.80. The molecule has 1 atom stereocenters. The van der Waals surface area contributed by atoms with E-state index in [1.54, 1.807) is 0 Å². The number of rotatable bonds is 4. The van der Waals surface area contributed by atoms with E-state index in [9.17, 15) is 22.8 Å². The van der Waals surface area contributed by atoms with E-state index in [1.165, 1.54) is 4.90 Å². The van der Waals surface area contributed by atoms with Gasteiger partial charge in [0.2, 0.25) is 0 Å². The number of aliphatic carboxylic acids is 1. The van der Waals surface area contributed by atoms with Gasteiger partial charge in [0, 0.05) is 13.1 Å². The Labute approximate surface area is 124 Å². The summed E-state index contributed by atoms with van der Waals surface area (Å²) in [7, 11) is 0. The molecule has 1 aromatic rings. The first kappa shape index (κ1) is 16.1. The first-order valence-electron chi connectivity index (χ1n) is 6.58. The summed E-state index contributed by atoms with van der Waals surface area (Å²) < 4.78 is 42.3. The van der Waals surface area contributed by atoms with Gasteiger partial charge in [-0.3, -0.25) is 9.59 Å². The van der Waals surface area contributed by atoms with Crippen molar-refractivity contribution in [1.29, 1.82) is 0 Å². The van der Waals surface area contributed by atoms with Crippen LogP contribution in [0.5, 0.6) is 5.75 Å². The van der Waals surface area contributed by atoms with Crippen molar-refractivity contribution < 1.29 is 32.6 Å². The number of hydrogen-bond donors (Lipinski definition) is 1. The number of likely N-dealkylation sites (tertiary alicyclic amines) is 1. The highest BCUT2D eigenvalue weighted by atomic mass is 19.4. The van der Waals surface area contributed by atoms with Crippen molar-refractivity contribution in [2.75, 3.05) is 19.7 Å². The molecule has 2 rings (SSSR count). The number of amides is 1. The van der Waals surface area contributed by atoms with Crippen molar-refractivity contribution in [2.24, 2.45) is 5.92 Å². The number of carbonyl (C=O) groups excluding carboxylic acids is 1. The fourth-order valence-electron chi connectivity index (χ4n) is 2.16. The first-order valence-corrected chi connectivity index (χ1v) is 6.58. The molecule has 1 aromatic carbocycles. The standard InChI is InChI=1S/C14H14F3NO4/c15-14(16,17)10-1-3-11(4-2-10)22-8-12(19)18-6-5-9(7-18)13(20)21/h1-4,9H,5-8H2,(H,20,21). The van der Waals surface area contributed by atoms with E-state index < -0.39 is 23.6 Å². The number of carboxylic acids is 1. The average molecular weight is 317 g/mol. The van der Waals surface area contributed by atoms with Crippen molar-refractivity contribution in [3.05, 3.63) is 29.8 Å². The van der Waals surface area contributed by atoms with Crippen LogP contribution in [0.4, 0.5) is 13.2 Å². The molecule has 1 saturated heterocycles. The number of carboxylic acid groups (broad SMARTS) is 1. The predicted octanol–water partition coefficient (Wildman–Crippen LogP) is 2.02. The van der Waals surface area contributed by atoms with Crippen LogP contribution in [-0.4, -0.2) is 41.6 Å². The van der Waals surface area contributed by atoms with Gasteiger partial charge in [0.05, 0.1) is 11.5 Å². The van der Waals surface area contributed by atoms with Crippen LogP contribution in [0.15, 0.2) is 24.3 Å². The quantitative estimate of drug-likeness (QED) is 0.922. The van der Waals surface area contributed by atoms with Gasteiger partial charge in [-0.25, -0.2) is 0 Å². The molecule has 0 spiro atoms. The minimum atomic E-state index is -4.42. The van der Waals surface area contributed by atoms with E-state index in [4.69, 9.17) is 9.84 Å². The molecule has 1 aliphatic rings. The largest absolute Gasteiger partial charge is 0.484 e. The Hall–Kier alpha value is -2.25. The van der Waals surface area contributed by atoms with E-state index in [1.807, 2.05) is 0 Å². The molecule has 1 N–H and O–H groups in total. The molecule has 120 valence electrons. The van der Waals surface area contributed by atoms with Crippen LogP contribution in [0.2, 0.25) is 0 Å². The molecule has 1 fully saturated rings. The Morgan fingerprint density at radius 3 is 2.41 bits per heavy atom. The highest BCUT2D eigenvalue weighted by Crippen LogP contribution is 2.30. The van der Waals surface area contributed by atoms with E-state index in [0.717, 1.165) is 24.3 Å². The molecule has 0 radical (unpaired) electrons. The van der Waals surface area contributed by atoms with Crippen molar-refractivity contribution >= 4 is 11.9 Å². The Morgan fingerprint density at radius 1 is 1.27 bits per heavy atom. The van der Waals surface area contributed by atoms with Gasteiger partial charge < -0.3 is 14.7 Å². The SMILES string of the molecule is O=C(O)C1CCN(C(=O)COc2ccc(C(F)(F)F)cc2)C1. The summed E-state index contributed by atoms with van der Waals surface area (Å²) in [5, 5.41) is 8.85. The van der Waals surface area contributed by atoms with Gasteiger partial charge >= 0.3 is 12.1 Å². The summed E-state index contributed by atoms with van der Waals surface area (Å²) in [5.74, 6) is -1.76. The number of halogens is 3.